The Morgan fingerprint density at radius 1 is 0.810 bits per heavy atom. The Bertz CT molecular complexity index is 568. The second-order valence-electron chi connectivity index (χ2n) is 4.45. The van der Waals surface area contributed by atoms with Crippen molar-refractivity contribution in [3.8, 4) is 23.3 Å². The molecular formula is C14H17BN2O4. The normalized spacial score (nSPS) is 9.90. The third-order valence-electron chi connectivity index (χ3n) is 2.73. The van der Waals surface area contributed by atoms with E-state index in [1.165, 1.54) is 0 Å². The third kappa shape index (κ3) is 3.78. The first kappa shape index (κ1) is 15.0. The summed E-state index contributed by atoms with van der Waals surface area (Å²) in [5.41, 5.74) is 1.95. The molecule has 0 saturated heterocycles. The van der Waals surface area contributed by atoms with Crippen LogP contribution >= 0.6 is 0 Å². The highest BCUT2D eigenvalue weighted by atomic mass is 16.6. The second kappa shape index (κ2) is 6.83. The monoisotopic (exact) mass is 288 g/mol. The summed E-state index contributed by atoms with van der Waals surface area (Å²) in [4.78, 5) is 8.26. The van der Waals surface area contributed by atoms with E-state index in [9.17, 15) is 0 Å². The van der Waals surface area contributed by atoms with E-state index in [1.54, 1.807) is 26.6 Å². The van der Waals surface area contributed by atoms with Gasteiger partial charge in [0.25, 0.3) is 11.8 Å². The van der Waals surface area contributed by atoms with Crippen molar-refractivity contribution < 1.29 is 18.8 Å². The van der Waals surface area contributed by atoms with Crippen LogP contribution in [0.25, 0.3) is 0 Å². The lowest BCUT2D eigenvalue weighted by atomic mass is 10.2. The average molecular weight is 288 g/mol. The molecule has 0 aromatic carbocycles. The molecule has 7 heteroatoms. The van der Waals surface area contributed by atoms with E-state index in [-0.39, 0.29) is 7.69 Å². The van der Waals surface area contributed by atoms with E-state index in [1.807, 2.05) is 26.0 Å². The van der Waals surface area contributed by atoms with Gasteiger partial charge in [0.05, 0.1) is 14.2 Å². The predicted molar refractivity (Wildman–Crippen MR) is 79.5 cm³/mol. The van der Waals surface area contributed by atoms with Crippen molar-refractivity contribution in [1.29, 1.82) is 0 Å². The van der Waals surface area contributed by atoms with Gasteiger partial charge >= 0.3 is 7.69 Å². The molecule has 0 amide bonds. The Balaban J connectivity index is 2.05. The molecule has 0 N–H and O–H groups in total. The molecule has 0 atom stereocenters. The molecule has 110 valence electrons. The number of hydrogen-bond acceptors (Lipinski definition) is 6. The van der Waals surface area contributed by atoms with Crippen LogP contribution in [-0.2, 0) is 0 Å². The minimum absolute atomic E-state index is 0.00296. The van der Waals surface area contributed by atoms with E-state index < -0.39 is 0 Å². The first-order valence-electron chi connectivity index (χ1n) is 6.41. The number of nitrogens with zero attached hydrogens (tertiary/aromatic N) is 2. The van der Waals surface area contributed by atoms with E-state index >= 15 is 0 Å². The Labute approximate surface area is 124 Å². The molecule has 2 rings (SSSR count). The zero-order valence-corrected chi connectivity index (χ0v) is 12.5. The molecule has 2 aromatic rings. The van der Waals surface area contributed by atoms with Crippen LogP contribution in [0.4, 0.5) is 0 Å². The number of hydrogen-bond donors (Lipinski definition) is 0. The maximum absolute atomic E-state index is 5.56. The summed E-state index contributed by atoms with van der Waals surface area (Å²) in [5.74, 6) is 1.88. The van der Waals surface area contributed by atoms with Crippen molar-refractivity contribution >= 4 is 7.69 Å². The van der Waals surface area contributed by atoms with Crippen molar-refractivity contribution in [2.24, 2.45) is 0 Å². The quantitative estimate of drug-likeness (QED) is 0.756. The lowest BCUT2D eigenvalue weighted by molar-refractivity contribution is 0.355. The van der Waals surface area contributed by atoms with Gasteiger partial charge in [0, 0.05) is 12.4 Å². The van der Waals surface area contributed by atoms with E-state index in [4.69, 9.17) is 18.8 Å². The number of methoxy groups -OCH3 is 2. The fourth-order valence-electron chi connectivity index (χ4n) is 1.73. The molecule has 0 unspecified atom stereocenters. The molecule has 0 saturated carbocycles. The van der Waals surface area contributed by atoms with Gasteiger partial charge in [-0.2, -0.15) is 0 Å². The number of aryl methyl sites for hydroxylation is 2. The highest BCUT2D eigenvalue weighted by Crippen LogP contribution is 2.26. The van der Waals surface area contributed by atoms with Crippen molar-refractivity contribution in [2.75, 3.05) is 14.2 Å². The Morgan fingerprint density at radius 2 is 1.24 bits per heavy atom. The van der Waals surface area contributed by atoms with Gasteiger partial charge in [-0.25, -0.2) is 9.97 Å². The number of ether oxygens (including phenoxy) is 2. The van der Waals surface area contributed by atoms with Gasteiger partial charge in [-0.1, -0.05) is 0 Å². The van der Waals surface area contributed by atoms with Crippen LogP contribution in [0.2, 0.25) is 0 Å². The molecule has 0 spiro atoms. The summed E-state index contributed by atoms with van der Waals surface area (Å²) in [6, 6.07) is 3.67. The maximum atomic E-state index is 5.56. The van der Waals surface area contributed by atoms with Crippen LogP contribution in [0.15, 0.2) is 24.5 Å². The first-order valence-corrected chi connectivity index (χ1v) is 6.41. The van der Waals surface area contributed by atoms with Gasteiger partial charge in [0.15, 0.2) is 11.5 Å². The molecule has 0 radical (unpaired) electrons. The number of pyridine rings is 2. The Hall–Kier alpha value is -2.44. The van der Waals surface area contributed by atoms with E-state index in [0.717, 1.165) is 11.1 Å². The SMILES string of the molecule is COc1ncc(C)cc1OBOc1cc(C)cnc1OC. The van der Waals surface area contributed by atoms with Crippen molar-refractivity contribution in [3.63, 3.8) is 0 Å². The summed E-state index contributed by atoms with van der Waals surface area (Å²) in [5, 5.41) is 0. The lowest BCUT2D eigenvalue weighted by Gasteiger charge is -2.12. The molecule has 6 nitrogen and oxygen atoms in total. The van der Waals surface area contributed by atoms with Gasteiger partial charge in [-0.05, 0) is 37.1 Å². The van der Waals surface area contributed by atoms with Crippen LogP contribution < -0.4 is 18.8 Å². The van der Waals surface area contributed by atoms with Crippen molar-refractivity contribution in [1.82, 2.24) is 9.97 Å². The van der Waals surface area contributed by atoms with Gasteiger partial charge in [0.2, 0.25) is 0 Å². The fourth-order valence-corrected chi connectivity index (χ4v) is 1.73. The van der Waals surface area contributed by atoms with Crippen LogP contribution in [0, 0.1) is 13.8 Å². The first-order chi connectivity index (χ1) is 10.1. The molecular weight excluding hydrogens is 271 g/mol. The van der Waals surface area contributed by atoms with E-state index in [2.05, 4.69) is 9.97 Å². The Kier molecular flexibility index (Phi) is 4.87. The second-order valence-corrected chi connectivity index (χ2v) is 4.45. The topological polar surface area (TPSA) is 62.7 Å². The van der Waals surface area contributed by atoms with Gasteiger partial charge in [0.1, 0.15) is 0 Å². The predicted octanol–water partition coefficient (Wildman–Crippen LogP) is 1.83. The summed E-state index contributed by atoms with van der Waals surface area (Å²) in [7, 11) is 3.08. The van der Waals surface area contributed by atoms with Crippen molar-refractivity contribution in [2.45, 2.75) is 13.8 Å². The lowest BCUT2D eigenvalue weighted by Crippen LogP contribution is -2.13. The molecule has 0 aliphatic heterocycles. The van der Waals surface area contributed by atoms with Gasteiger partial charge in [-0.15, -0.1) is 0 Å². The molecule has 2 aromatic heterocycles. The Morgan fingerprint density at radius 3 is 1.62 bits per heavy atom. The molecule has 21 heavy (non-hydrogen) atoms. The van der Waals surface area contributed by atoms with Crippen molar-refractivity contribution in [3.05, 3.63) is 35.7 Å². The van der Waals surface area contributed by atoms with E-state index in [0.29, 0.717) is 23.3 Å². The fraction of sp³-hybridized carbons (Fsp3) is 0.286. The molecule has 0 aliphatic rings. The molecule has 0 aliphatic carbocycles. The number of rotatable bonds is 6. The average Bonchev–Trinajstić information content (AvgIpc) is 2.48. The van der Waals surface area contributed by atoms with Crippen LogP contribution in [0.5, 0.6) is 23.3 Å². The summed E-state index contributed by atoms with van der Waals surface area (Å²) >= 11 is 0. The third-order valence-corrected chi connectivity index (χ3v) is 2.73. The molecule has 0 bridgehead atoms. The van der Waals surface area contributed by atoms with Crippen LogP contribution in [0.3, 0.4) is 0 Å². The minimum Gasteiger partial charge on any atom is -0.525 e. The molecule has 2 heterocycles. The largest absolute Gasteiger partial charge is 0.576 e. The van der Waals surface area contributed by atoms with Crippen LogP contribution in [0.1, 0.15) is 11.1 Å². The summed E-state index contributed by atoms with van der Waals surface area (Å²) < 4.78 is 21.4. The minimum atomic E-state index is 0.00296. The maximum Gasteiger partial charge on any atom is 0.576 e. The molecule has 0 fully saturated rings. The van der Waals surface area contributed by atoms with Crippen LogP contribution in [-0.4, -0.2) is 31.9 Å². The highest BCUT2D eigenvalue weighted by Gasteiger charge is 2.11. The zero-order valence-electron chi connectivity index (χ0n) is 12.5. The number of aromatic nitrogens is 2. The summed E-state index contributed by atoms with van der Waals surface area (Å²) in [6.07, 6.45) is 3.42. The van der Waals surface area contributed by atoms with Gasteiger partial charge in [-0.3, -0.25) is 0 Å². The zero-order chi connectivity index (χ0) is 15.2. The standard InChI is InChI=1S/C14H17BN2O4/c1-9-5-11(13(18-3)16-7-9)20-15-21-12-6-10(2)8-17-14(12)19-4/h5-8,15H,1-4H3. The summed E-state index contributed by atoms with van der Waals surface area (Å²) in [6.45, 7) is 3.85. The van der Waals surface area contributed by atoms with Gasteiger partial charge < -0.3 is 18.8 Å². The smallest absolute Gasteiger partial charge is 0.525 e. The highest BCUT2D eigenvalue weighted by molar-refractivity contribution is 6.21.